The molecule has 0 saturated carbocycles. The Labute approximate surface area is 156 Å². The lowest BCUT2D eigenvalue weighted by Gasteiger charge is -2.25. The molecule has 0 aliphatic carbocycles. The minimum absolute atomic E-state index is 0.112. The molecule has 1 unspecified atom stereocenters. The first-order chi connectivity index (χ1) is 13.2. The lowest BCUT2D eigenvalue weighted by Crippen LogP contribution is -2.34. The van der Waals surface area contributed by atoms with Crippen molar-refractivity contribution in [2.45, 2.75) is 6.42 Å². The van der Waals surface area contributed by atoms with E-state index in [-0.39, 0.29) is 11.8 Å². The number of rotatable bonds is 5. The molecule has 1 aliphatic heterocycles. The van der Waals surface area contributed by atoms with Gasteiger partial charge in [-0.2, -0.15) is 0 Å². The Hall–Kier alpha value is -3.42. The highest BCUT2D eigenvalue weighted by atomic mass is 16.5. The average Bonchev–Trinajstić information content (AvgIpc) is 3.26. The molecule has 1 N–H and O–H groups in total. The maximum atomic E-state index is 12.4. The van der Waals surface area contributed by atoms with Crippen molar-refractivity contribution in [2.24, 2.45) is 5.92 Å². The number of methoxy groups -OCH3 is 1. The molecule has 3 aromatic rings. The van der Waals surface area contributed by atoms with Crippen LogP contribution >= 0.6 is 0 Å². The summed E-state index contributed by atoms with van der Waals surface area (Å²) in [6.45, 7) is 1.12. The largest absolute Gasteiger partial charge is 0.497 e. The van der Waals surface area contributed by atoms with Gasteiger partial charge < -0.3 is 14.8 Å². The third-order valence-corrected chi connectivity index (χ3v) is 4.55. The number of nitrogens with one attached hydrogen (secondary N) is 1. The van der Waals surface area contributed by atoms with Crippen LogP contribution in [0.5, 0.6) is 11.5 Å². The van der Waals surface area contributed by atoms with Crippen molar-refractivity contribution in [3.8, 4) is 17.2 Å². The van der Waals surface area contributed by atoms with Gasteiger partial charge in [-0.3, -0.25) is 4.79 Å². The summed E-state index contributed by atoms with van der Waals surface area (Å²) in [6, 6.07) is 13.0. The molecule has 0 fully saturated rings. The average molecular weight is 365 g/mol. The second-order valence-corrected chi connectivity index (χ2v) is 6.37. The molecule has 2 heterocycles. The number of carbonyl (C=O) groups is 1. The van der Waals surface area contributed by atoms with E-state index in [2.05, 4.69) is 20.8 Å². The van der Waals surface area contributed by atoms with Crippen molar-refractivity contribution < 1.29 is 14.3 Å². The molecular formula is C19H19N5O3. The van der Waals surface area contributed by atoms with Crippen LogP contribution in [0.15, 0.2) is 48.8 Å². The van der Waals surface area contributed by atoms with Crippen molar-refractivity contribution >= 4 is 5.91 Å². The number of fused-ring (bicyclic) bond motifs is 1. The Morgan fingerprint density at radius 3 is 2.89 bits per heavy atom. The molecule has 1 atom stereocenters. The summed E-state index contributed by atoms with van der Waals surface area (Å²) in [5, 5.41) is 14.0. The van der Waals surface area contributed by atoms with Gasteiger partial charge >= 0.3 is 0 Å². The van der Waals surface area contributed by atoms with Crippen LogP contribution in [0.3, 0.4) is 0 Å². The summed E-state index contributed by atoms with van der Waals surface area (Å²) >= 11 is 0. The predicted molar refractivity (Wildman–Crippen MR) is 97.2 cm³/mol. The molecule has 1 amide bonds. The summed E-state index contributed by atoms with van der Waals surface area (Å²) in [5.74, 6) is 1.76. The van der Waals surface area contributed by atoms with Gasteiger partial charge in [-0.05, 0) is 52.7 Å². The normalized spacial score (nSPS) is 15.5. The molecule has 2 aromatic carbocycles. The first kappa shape index (κ1) is 17.0. The summed E-state index contributed by atoms with van der Waals surface area (Å²) in [7, 11) is 1.64. The zero-order valence-electron chi connectivity index (χ0n) is 14.8. The fourth-order valence-corrected chi connectivity index (χ4v) is 3.06. The van der Waals surface area contributed by atoms with Crippen LogP contribution in [0.1, 0.15) is 15.9 Å². The van der Waals surface area contributed by atoms with Crippen LogP contribution in [0.25, 0.3) is 5.69 Å². The Bertz CT molecular complexity index is 925. The number of benzene rings is 2. The lowest BCUT2D eigenvalue weighted by atomic mass is 9.96. The zero-order valence-corrected chi connectivity index (χ0v) is 14.8. The van der Waals surface area contributed by atoms with Crippen LogP contribution in [0.2, 0.25) is 0 Å². The van der Waals surface area contributed by atoms with Gasteiger partial charge in [0.25, 0.3) is 5.91 Å². The molecule has 0 saturated heterocycles. The number of nitrogens with zero attached hydrogens (tertiary/aromatic N) is 4. The molecule has 8 nitrogen and oxygen atoms in total. The molecular weight excluding hydrogens is 346 g/mol. The van der Waals surface area contributed by atoms with Gasteiger partial charge in [0.05, 0.1) is 19.4 Å². The standard InChI is InChI=1S/C19H19N5O3/c1-26-17-7-4-15-8-13(11-27-18(15)9-17)10-20-19(25)14-2-5-16(6-3-14)24-12-21-22-23-24/h2-7,9,12-13H,8,10-11H2,1H3,(H,20,25). The minimum atomic E-state index is -0.112. The zero-order chi connectivity index (χ0) is 18.6. The van der Waals surface area contributed by atoms with E-state index in [0.717, 1.165) is 29.2 Å². The number of carbonyl (C=O) groups excluding carboxylic acids is 1. The van der Waals surface area contributed by atoms with Crippen LogP contribution in [0.4, 0.5) is 0 Å². The van der Waals surface area contributed by atoms with Crippen molar-refractivity contribution in [1.82, 2.24) is 25.5 Å². The predicted octanol–water partition coefficient (Wildman–Crippen LogP) is 1.65. The van der Waals surface area contributed by atoms with Crippen molar-refractivity contribution in [3.63, 3.8) is 0 Å². The second kappa shape index (κ2) is 7.45. The van der Waals surface area contributed by atoms with Crippen LogP contribution in [0, 0.1) is 5.92 Å². The molecule has 1 aliphatic rings. The summed E-state index contributed by atoms with van der Waals surface area (Å²) in [5.41, 5.74) is 2.52. The molecule has 4 rings (SSSR count). The van der Waals surface area contributed by atoms with Crippen molar-refractivity contribution in [1.29, 1.82) is 0 Å². The third kappa shape index (κ3) is 3.74. The first-order valence-electron chi connectivity index (χ1n) is 8.64. The molecule has 0 bridgehead atoms. The highest BCUT2D eigenvalue weighted by molar-refractivity contribution is 5.94. The molecule has 0 radical (unpaired) electrons. The molecule has 138 valence electrons. The van der Waals surface area contributed by atoms with Crippen molar-refractivity contribution in [3.05, 3.63) is 59.9 Å². The van der Waals surface area contributed by atoms with E-state index in [4.69, 9.17) is 9.47 Å². The fourth-order valence-electron chi connectivity index (χ4n) is 3.06. The fraction of sp³-hybridized carbons (Fsp3) is 0.263. The smallest absolute Gasteiger partial charge is 0.251 e. The van der Waals surface area contributed by atoms with E-state index in [9.17, 15) is 4.79 Å². The third-order valence-electron chi connectivity index (χ3n) is 4.55. The first-order valence-corrected chi connectivity index (χ1v) is 8.64. The molecule has 8 heteroatoms. The van der Waals surface area contributed by atoms with Crippen LogP contribution in [-0.4, -0.2) is 46.4 Å². The van der Waals surface area contributed by atoms with Gasteiger partial charge in [0, 0.05) is 24.1 Å². The van der Waals surface area contributed by atoms with E-state index in [1.54, 1.807) is 31.4 Å². The topological polar surface area (TPSA) is 91.2 Å². The van der Waals surface area contributed by atoms with Gasteiger partial charge in [0.1, 0.15) is 17.8 Å². The molecule has 27 heavy (non-hydrogen) atoms. The monoisotopic (exact) mass is 365 g/mol. The van der Waals surface area contributed by atoms with E-state index in [0.29, 0.717) is 18.7 Å². The molecule has 0 spiro atoms. The quantitative estimate of drug-likeness (QED) is 0.739. The SMILES string of the molecule is COc1ccc2c(c1)OCC(CNC(=O)c1ccc(-n3cnnn3)cc1)C2. The lowest BCUT2D eigenvalue weighted by molar-refractivity contribution is 0.0939. The van der Waals surface area contributed by atoms with Gasteiger partial charge in [-0.15, -0.1) is 5.10 Å². The summed E-state index contributed by atoms with van der Waals surface area (Å²) < 4.78 is 12.6. The van der Waals surface area contributed by atoms with Gasteiger partial charge in [0.2, 0.25) is 0 Å². The second-order valence-electron chi connectivity index (χ2n) is 6.37. The maximum absolute atomic E-state index is 12.4. The Morgan fingerprint density at radius 1 is 1.30 bits per heavy atom. The summed E-state index contributed by atoms with van der Waals surface area (Å²) in [6.07, 6.45) is 2.36. The van der Waals surface area contributed by atoms with E-state index < -0.39 is 0 Å². The van der Waals surface area contributed by atoms with Gasteiger partial charge in [-0.25, -0.2) is 4.68 Å². The number of aromatic nitrogens is 4. The highest BCUT2D eigenvalue weighted by Gasteiger charge is 2.21. The van der Waals surface area contributed by atoms with Crippen LogP contribution in [-0.2, 0) is 6.42 Å². The van der Waals surface area contributed by atoms with E-state index >= 15 is 0 Å². The Morgan fingerprint density at radius 2 is 2.15 bits per heavy atom. The minimum Gasteiger partial charge on any atom is -0.497 e. The molecule has 1 aromatic heterocycles. The van der Waals surface area contributed by atoms with Crippen LogP contribution < -0.4 is 14.8 Å². The Kier molecular flexibility index (Phi) is 4.69. The summed E-state index contributed by atoms with van der Waals surface area (Å²) in [4.78, 5) is 12.4. The number of amides is 1. The number of tetrazole rings is 1. The highest BCUT2D eigenvalue weighted by Crippen LogP contribution is 2.30. The van der Waals surface area contributed by atoms with Gasteiger partial charge in [-0.1, -0.05) is 6.07 Å². The van der Waals surface area contributed by atoms with Gasteiger partial charge in [0.15, 0.2) is 0 Å². The van der Waals surface area contributed by atoms with E-state index in [1.807, 2.05) is 18.2 Å². The maximum Gasteiger partial charge on any atom is 0.251 e. The Balaban J connectivity index is 1.34. The number of hydrogen-bond donors (Lipinski definition) is 1. The number of hydrogen-bond acceptors (Lipinski definition) is 6. The van der Waals surface area contributed by atoms with E-state index in [1.165, 1.54) is 11.0 Å². The van der Waals surface area contributed by atoms with Crippen molar-refractivity contribution in [2.75, 3.05) is 20.3 Å². The number of ether oxygens (including phenoxy) is 2.